The summed E-state index contributed by atoms with van der Waals surface area (Å²) in [6.45, 7) is 1.01. The minimum absolute atomic E-state index is 0.0848. The summed E-state index contributed by atoms with van der Waals surface area (Å²) in [5, 5.41) is 2.61. The molecule has 0 bridgehead atoms. The maximum absolute atomic E-state index is 13.0. The molecule has 1 N–H and O–H groups in total. The number of anilines is 1. The maximum Gasteiger partial charge on any atom is 0.416 e. The van der Waals surface area contributed by atoms with Gasteiger partial charge in [-0.05, 0) is 42.5 Å². The lowest BCUT2D eigenvalue weighted by Gasteiger charge is -2.32. The predicted octanol–water partition coefficient (Wildman–Crippen LogP) is 5.04. The lowest BCUT2D eigenvalue weighted by atomic mass is 10.1. The van der Waals surface area contributed by atoms with E-state index in [4.69, 9.17) is 9.47 Å². The van der Waals surface area contributed by atoms with Crippen molar-refractivity contribution >= 4 is 17.5 Å². The van der Waals surface area contributed by atoms with E-state index in [-0.39, 0.29) is 17.6 Å². The lowest BCUT2D eigenvalue weighted by Crippen LogP contribution is -2.41. The van der Waals surface area contributed by atoms with Crippen molar-refractivity contribution in [2.75, 3.05) is 25.5 Å². The smallest absolute Gasteiger partial charge is 0.416 e. The molecule has 1 fully saturated rings. The zero-order chi connectivity index (χ0) is 25.7. The zero-order valence-corrected chi connectivity index (χ0v) is 19.4. The van der Waals surface area contributed by atoms with Crippen LogP contribution in [0.5, 0.6) is 11.5 Å². The quantitative estimate of drug-likeness (QED) is 0.514. The second-order valence-corrected chi connectivity index (χ2v) is 8.25. The predicted molar refractivity (Wildman–Crippen MR) is 126 cm³/mol. The van der Waals surface area contributed by atoms with Crippen LogP contribution in [-0.4, -0.2) is 48.0 Å². The van der Waals surface area contributed by atoms with E-state index in [0.717, 1.165) is 12.1 Å². The molecule has 3 aromatic rings. The normalized spacial score (nSPS) is 14.3. The van der Waals surface area contributed by atoms with Gasteiger partial charge in [0.25, 0.3) is 11.8 Å². The summed E-state index contributed by atoms with van der Waals surface area (Å²) < 4.78 is 50.5. The SMILES string of the molecule is COc1ccc(NC(=O)c2cccc(C(F)(F)F)c2)cc1OC1CCN(C(=O)c2cccnc2)CC1. The number of alkyl halides is 3. The average Bonchev–Trinajstić information content (AvgIpc) is 2.89. The standard InChI is InChI=1S/C26H24F3N3O4/c1-35-22-8-7-20(31-24(33)17-4-2-6-19(14-17)26(27,28)29)15-23(22)36-21-9-12-32(13-10-21)25(34)18-5-3-11-30-16-18/h2-8,11,14-16,21H,9-10,12-13H2,1H3,(H,31,33). The Balaban J connectivity index is 1.41. The van der Waals surface area contributed by atoms with Gasteiger partial charge in [-0.2, -0.15) is 13.2 Å². The number of ether oxygens (including phenoxy) is 2. The Morgan fingerprint density at radius 2 is 1.75 bits per heavy atom. The van der Waals surface area contributed by atoms with Crippen LogP contribution in [0.2, 0.25) is 0 Å². The number of pyridine rings is 1. The number of methoxy groups -OCH3 is 1. The highest BCUT2D eigenvalue weighted by molar-refractivity contribution is 6.04. The van der Waals surface area contributed by atoms with Crippen LogP contribution < -0.4 is 14.8 Å². The number of carbonyl (C=O) groups is 2. The first-order valence-electron chi connectivity index (χ1n) is 11.3. The summed E-state index contributed by atoms with van der Waals surface area (Å²) in [7, 11) is 1.48. The number of aromatic nitrogens is 1. The van der Waals surface area contributed by atoms with Crippen LogP contribution in [0.1, 0.15) is 39.1 Å². The van der Waals surface area contributed by atoms with E-state index in [0.29, 0.717) is 48.7 Å². The molecule has 10 heteroatoms. The van der Waals surface area contributed by atoms with Gasteiger partial charge in [-0.3, -0.25) is 14.6 Å². The van der Waals surface area contributed by atoms with Gasteiger partial charge in [0.2, 0.25) is 0 Å². The third-order valence-corrected chi connectivity index (χ3v) is 5.80. The molecule has 188 valence electrons. The van der Waals surface area contributed by atoms with Gasteiger partial charge in [0.05, 0.1) is 18.2 Å². The summed E-state index contributed by atoms with van der Waals surface area (Å²) in [6, 6.07) is 12.4. The van der Waals surface area contributed by atoms with Gasteiger partial charge < -0.3 is 19.7 Å². The number of benzene rings is 2. The molecule has 4 rings (SSSR count). The molecule has 2 aromatic carbocycles. The van der Waals surface area contributed by atoms with E-state index >= 15 is 0 Å². The Morgan fingerprint density at radius 3 is 2.42 bits per heavy atom. The van der Waals surface area contributed by atoms with Gasteiger partial charge in [-0.1, -0.05) is 6.07 Å². The second-order valence-electron chi connectivity index (χ2n) is 8.25. The first-order valence-corrected chi connectivity index (χ1v) is 11.3. The van der Waals surface area contributed by atoms with Crippen LogP contribution in [0.15, 0.2) is 67.0 Å². The fraction of sp³-hybridized carbons (Fsp3) is 0.269. The topological polar surface area (TPSA) is 80.8 Å². The molecular formula is C26H24F3N3O4. The minimum Gasteiger partial charge on any atom is -0.493 e. The van der Waals surface area contributed by atoms with Crippen LogP contribution >= 0.6 is 0 Å². The third-order valence-electron chi connectivity index (χ3n) is 5.80. The highest BCUT2D eigenvalue weighted by atomic mass is 19.4. The van der Waals surface area contributed by atoms with Crippen molar-refractivity contribution < 1.29 is 32.2 Å². The Hall–Kier alpha value is -4.08. The van der Waals surface area contributed by atoms with Crippen LogP contribution in [0.4, 0.5) is 18.9 Å². The van der Waals surface area contributed by atoms with E-state index in [1.165, 1.54) is 25.4 Å². The van der Waals surface area contributed by atoms with Crippen molar-refractivity contribution in [3.8, 4) is 11.5 Å². The number of rotatable bonds is 6. The molecule has 1 saturated heterocycles. The highest BCUT2D eigenvalue weighted by Gasteiger charge is 2.31. The number of nitrogens with one attached hydrogen (secondary N) is 1. The van der Waals surface area contributed by atoms with Crippen LogP contribution in [-0.2, 0) is 6.18 Å². The molecule has 2 amide bonds. The maximum atomic E-state index is 13.0. The number of amides is 2. The molecule has 0 aliphatic carbocycles. The van der Waals surface area contributed by atoms with Gasteiger partial charge in [0.15, 0.2) is 11.5 Å². The molecule has 1 aromatic heterocycles. The molecule has 0 unspecified atom stereocenters. The van der Waals surface area contributed by atoms with Crippen LogP contribution in [0.3, 0.4) is 0 Å². The van der Waals surface area contributed by atoms with E-state index in [9.17, 15) is 22.8 Å². The van der Waals surface area contributed by atoms with Gasteiger partial charge in [0, 0.05) is 55.6 Å². The van der Waals surface area contributed by atoms with Crippen molar-refractivity contribution in [1.82, 2.24) is 9.88 Å². The number of nitrogens with zero attached hydrogens (tertiary/aromatic N) is 2. The number of carbonyl (C=O) groups excluding carboxylic acids is 2. The summed E-state index contributed by atoms with van der Waals surface area (Å²) in [4.78, 5) is 30.9. The second kappa shape index (κ2) is 10.7. The molecular weight excluding hydrogens is 475 g/mol. The van der Waals surface area contributed by atoms with Crippen LogP contribution in [0.25, 0.3) is 0 Å². The van der Waals surface area contributed by atoms with E-state index < -0.39 is 17.6 Å². The first kappa shape index (κ1) is 25.0. The van der Waals surface area contributed by atoms with E-state index in [1.807, 2.05) is 0 Å². The number of hydrogen-bond acceptors (Lipinski definition) is 5. The fourth-order valence-corrected chi connectivity index (χ4v) is 3.91. The lowest BCUT2D eigenvalue weighted by molar-refractivity contribution is -0.137. The fourth-order valence-electron chi connectivity index (χ4n) is 3.91. The molecule has 7 nitrogen and oxygen atoms in total. The average molecular weight is 499 g/mol. The number of piperidine rings is 1. The van der Waals surface area contributed by atoms with Gasteiger partial charge in [0.1, 0.15) is 6.10 Å². The molecule has 0 atom stereocenters. The Kier molecular flexibility index (Phi) is 7.42. The summed E-state index contributed by atoms with van der Waals surface area (Å²) in [6.07, 6.45) is -0.400. The summed E-state index contributed by atoms with van der Waals surface area (Å²) in [5.41, 5.74) is -0.142. The van der Waals surface area contributed by atoms with Gasteiger partial charge in [-0.15, -0.1) is 0 Å². The number of likely N-dealkylation sites (tertiary alicyclic amines) is 1. The van der Waals surface area contributed by atoms with Crippen molar-refractivity contribution in [1.29, 1.82) is 0 Å². The molecule has 2 heterocycles. The zero-order valence-electron chi connectivity index (χ0n) is 19.4. The molecule has 0 spiro atoms. The Morgan fingerprint density at radius 1 is 1.00 bits per heavy atom. The molecule has 0 saturated carbocycles. The van der Waals surface area contributed by atoms with E-state index in [2.05, 4.69) is 10.3 Å². The molecule has 0 radical (unpaired) electrons. The van der Waals surface area contributed by atoms with Crippen molar-refractivity contribution in [2.45, 2.75) is 25.1 Å². The van der Waals surface area contributed by atoms with Crippen LogP contribution in [0, 0.1) is 0 Å². The minimum atomic E-state index is -4.55. The summed E-state index contributed by atoms with van der Waals surface area (Å²) >= 11 is 0. The molecule has 1 aliphatic rings. The highest BCUT2D eigenvalue weighted by Crippen LogP contribution is 2.33. The van der Waals surface area contributed by atoms with Crippen molar-refractivity contribution in [3.63, 3.8) is 0 Å². The van der Waals surface area contributed by atoms with Crippen molar-refractivity contribution in [2.24, 2.45) is 0 Å². The first-order chi connectivity index (χ1) is 17.2. The largest absolute Gasteiger partial charge is 0.493 e. The summed E-state index contributed by atoms with van der Waals surface area (Å²) in [5.74, 6) is 0.0650. The monoisotopic (exact) mass is 499 g/mol. The molecule has 1 aliphatic heterocycles. The number of halogens is 3. The van der Waals surface area contributed by atoms with Gasteiger partial charge >= 0.3 is 6.18 Å². The Labute approximate surface area is 205 Å². The third kappa shape index (κ3) is 5.94. The molecule has 36 heavy (non-hydrogen) atoms. The Bertz CT molecular complexity index is 1230. The van der Waals surface area contributed by atoms with E-state index in [1.54, 1.807) is 41.4 Å². The van der Waals surface area contributed by atoms with Gasteiger partial charge in [-0.25, -0.2) is 0 Å². The van der Waals surface area contributed by atoms with Crippen molar-refractivity contribution in [3.05, 3.63) is 83.7 Å². The number of hydrogen-bond donors (Lipinski definition) is 1.